The van der Waals surface area contributed by atoms with Crippen LogP contribution in [0.2, 0.25) is 0 Å². The Morgan fingerprint density at radius 2 is 2.00 bits per heavy atom. The number of ether oxygens (including phenoxy) is 1. The van der Waals surface area contributed by atoms with Gasteiger partial charge in [-0.25, -0.2) is 8.78 Å². The minimum Gasteiger partial charge on any atom is -0.496 e. The van der Waals surface area contributed by atoms with Gasteiger partial charge in [0.2, 0.25) is 0 Å². The van der Waals surface area contributed by atoms with Crippen molar-refractivity contribution in [3.8, 4) is 5.75 Å². The quantitative estimate of drug-likeness (QED) is 0.848. The minimum absolute atomic E-state index is 0.0682. The molecule has 0 unspecified atom stereocenters. The van der Waals surface area contributed by atoms with E-state index in [4.69, 9.17) is 10.5 Å². The molecular formula is C14H12F2N2O2. The molecule has 0 aromatic heterocycles. The summed E-state index contributed by atoms with van der Waals surface area (Å²) in [4.78, 5) is 12.1. The molecule has 0 aliphatic rings. The highest BCUT2D eigenvalue weighted by Gasteiger charge is 2.17. The predicted octanol–water partition coefficient (Wildman–Crippen LogP) is 2.81. The molecule has 0 fully saturated rings. The monoisotopic (exact) mass is 278 g/mol. The van der Waals surface area contributed by atoms with Gasteiger partial charge < -0.3 is 15.8 Å². The number of benzene rings is 2. The van der Waals surface area contributed by atoms with Crippen molar-refractivity contribution in [2.45, 2.75) is 0 Å². The van der Waals surface area contributed by atoms with Crippen LogP contribution in [0.5, 0.6) is 5.75 Å². The number of carbonyl (C=O) groups excluding carboxylic acids is 1. The van der Waals surface area contributed by atoms with Crippen LogP contribution in [0.1, 0.15) is 10.4 Å². The molecule has 6 heteroatoms. The van der Waals surface area contributed by atoms with Gasteiger partial charge in [0.1, 0.15) is 22.9 Å². The molecule has 2 aromatic carbocycles. The van der Waals surface area contributed by atoms with Gasteiger partial charge in [-0.2, -0.15) is 0 Å². The summed E-state index contributed by atoms with van der Waals surface area (Å²) < 4.78 is 31.6. The number of rotatable bonds is 3. The fraction of sp³-hybridized carbons (Fsp3) is 0.0714. The fourth-order valence-electron chi connectivity index (χ4n) is 1.74. The topological polar surface area (TPSA) is 64.3 Å². The molecule has 0 saturated carbocycles. The van der Waals surface area contributed by atoms with Gasteiger partial charge in [-0.05, 0) is 24.3 Å². The number of nitrogens with one attached hydrogen (secondary N) is 1. The molecule has 0 spiro atoms. The van der Waals surface area contributed by atoms with Crippen LogP contribution in [-0.2, 0) is 0 Å². The molecule has 0 bridgehead atoms. The molecule has 20 heavy (non-hydrogen) atoms. The van der Waals surface area contributed by atoms with Gasteiger partial charge >= 0.3 is 0 Å². The molecule has 2 rings (SSSR count). The molecular weight excluding hydrogens is 266 g/mol. The lowest BCUT2D eigenvalue weighted by molar-refractivity contribution is 0.102. The third-order valence-electron chi connectivity index (χ3n) is 2.68. The van der Waals surface area contributed by atoms with Crippen molar-refractivity contribution in [3.05, 3.63) is 53.6 Å². The Kier molecular flexibility index (Phi) is 3.84. The van der Waals surface area contributed by atoms with Crippen LogP contribution >= 0.6 is 0 Å². The highest BCUT2D eigenvalue weighted by atomic mass is 19.1. The van der Waals surface area contributed by atoms with E-state index in [-0.39, 0.29) is 22.7 Å². The molecule has 104 valence electrons. The Balaban J connectivity index is 2.36. The second-order valence-electron chi connectivity index (χ2n) is 4.00. The first-order valence-electron chi connectivity index (χ1n) is 5.72. The van der Waals surface area contributed by atoms with E-state index in [9.17, 15) is 13.6 Å². The average molecular weight is 278 g/mol. The van der Waals surface area contributed by atoms with Crippen LogP contribution in [0.4, 0.5) is 20.2 Å². The van der Waals surface area contributed by atoms with E-state index in [0.29, 0.717) is 0 Å². The van der Waals surface area contributed by atoms with Gasteiger partial charge in [-0.3, -0.25) is 4.79 Å². The SMILES string of the molecule is COc1cccc(N)c1C(=O)Nc1cc(F)ccc1F. The summed E-state index contributed by atoms with van der Waals surface area (Å²) in [5, 5.41) is 2.27. The molecule has 0 aliphatic heterocycles. The highest BCUT2D eigenvalue weighted by Crippen LogP contribution is 2.26. The highest BCUT2D eigenvalue weighted by molar-refractivity contribution is 6.09. The molecule has 0 radical (unpaired) electrons. The van der Waals surface area contributed by atoms with Crippen molar-refractivity contribution in [3.63, 3.8) is 0 Å². The zero-order valence-electron chi connectivity index (χ0n) is 10.6. The first-order chi connectivity index (χ1) is 9.52. The van der Waals surface area contributed by atoms with Crippen molar-refractivity contribution in [2.24, 2.45) is 0 Å². The number of hydrogen-bond donors (Lipinski definition) is 2. The smallest absolute Gasteiger partial charge is 0.261 e. The van der Waals surface area contributed by atoms with Crippen LogP contribution in [-0.4, -0.2) is 13.0 Å². The van der Waals surface area contributed by atoms with E-state index in [0.717, 1.165) is 18.2 Å². The number of nitrogen functional groups attached to an aromatic ring is 1. The third-order valence-corrected chi connectivity index (χ3v) is 2.68. The first kappa shape index (κ1) is 13.8. The fourth-order valence-corrected chi connectivity index (χ4v) is 1.74. The van der Waals surface area contributed by atoms with E-state index in [1.54, 1.807) is 12.1 Å². The summed E-state index contributed by atoms with van der Waals surface area (Å²) >= 11 is 0. The number of halogens is 2. The van der Waals surface area contributed by atoms with Crippen molar-refractivity contribution in [1.82, 2.24) is 0 Å². The molecule has 0 heterocycles. The molecule has 3 N–H and O–H groups in total. The second kappa shape index (κ2) is 5.56. The number of methoxy groups -OCH3 is 1. The first-order valence-corrected chi connectivity index (χ1v) is 5.72. The lowest BCUT2D eigenvalue weighted by atomic mass is 10.1. The van der Waals surface area contributed by atoms with E-state index in [1.165, 1.54) is 13.2 Å². The lowest BCUT2D eigenvalue weighted by Gasteiger charge is -2.12. The van der Waals surface area contributed by atoms with Gasteiger partial charge in [0.25, 0.3) is 5.91 Å². The molecule has 0 aliphatic carbocycles. The minimum atomic E-state index is -0.742. The number of amides is 1. The van der Waals surface area contributed by atoms with E-state index < -0.39 is 17.5 Å². The third kappa shape index (κ3) is 2.69. The van der Waals surface area contributed by atoms with Crippen LogP contribution in [0.15, 0.2) is 36.4 Å². The zero-order chi connectivity index (χ0) is 14.7. The van der Waals surface area contributed by atoms with Gasteiger partial charge in [0, 0.05) is 11.8 Å². The van der Waals surface area contributed by atoms with Crippen LogP contribution < -0.4 is 15.8 Å². The Morgan fingerprint density at radius 1 is 1.25 bits per heavy atom. The Bertz CT molecular complexity index is 660. The molecule has 0 atom stereocenters. The van der Waals surface area contributed by atoms with E-state index >= 15 is 0 Å². The summed E-state index contributed by atoms with van der Waals surface area (Å²) in [7, 11) is 1.38. The zero-order valence-corrected chi connectivity index (χ0v) is 10.6. The standard InChI is InChI=1S/C14H12F2N2O2/c1-20-12-4-2-3-10(17)13(12)14(19)18-11-7-8(15)5-6-9(11)16/h2-7H,17H2,1H3,(H,18,19). The number of hydrogen-bond acceptors (Lipinski definition) is 3. The van der Waals surface area contributed by atoms with Crippen LogP contribution in [0, 0.1) is 11.6 Å². The van der Waals surface area contributed by atoms with Crippen molar-refractivity contribution in [2.75, 3.05) is 18.2 Å². The van der Waals surface area contributed by atoms with Crippen molar-refractivity contribution in [1.29, 1.82) is 0 Å². The van der Waals surface area contributed by atoms with Gasteiger partial charge in [0.15, 0.2) is 0 Å². The second-order valence-corrected chi connectivity index (χ2v) is 4.00. The maximum atomic E-state index is 13.5. The Morgan fingerprint density at radius 3 is 2.70 bits per heavy atom. The average Bonchev–Trinajstić information content (AvgIpc) is 2.42. The van der Waals surface area contributed by atoms with Crippen molar-refractivity contribution < 1.29 is 18.3 Å². The van der Waals surface area contributed by atoms with Gasteiger partial charge in [0.05, 0.1) is 12.8 Å². The maximum absolute atomic E-state index is 13.5. The summed E-state index contributed by atoms with van der Waals surface area (Å²) in [6.07, 6.45) is 0. The molecule has 1 amide bonds. The van der Waals surface area contributed by atoms with Gasteiger partial charge in [-0.1, -0.05) is 6.07 Å². The number of anilines is 2. The summed E-state index contributed by atoms with van der Waals surface area (Å²) in [5.41, 5.74) is 5.69. The van der Waals surface area contributed by atoms with E-state index in [1.807, 2.05) is 0 Å². The largest absolute Gasteiger partial charge is 0.496 e. The van der Waals surface area contributed by atoms with Crippen LogP contribution in [0.3, 0.4) is 0 Å². The molecule has 0 saturated heterocycles. The maximum Gasteiger partial charge on any atom is 0.261 e. The summed E-state index contributed by atoms with van der Waals surface area (Å²) in [6.45, 7) is 0. The Labute approximate surface area is 114 Å². The summed E-state index contributed by atoms with van der Waals surface area (Å²) in [5.74, 6) is -1.83. The molecule has 2 aromatic rings. The van der Waals surface area contributed by atoms with Crippen LogP contribution in [0.25, 0.3) is 0 Å². The molecule has 4 nitrogen and oxygen atoms in total. The van der Waals surface area contributed by atoms with Crippen molar-refractivity contribution >= 4 is 17.3 Å². The summed E-state index contributed by atoms with van der Waals surface area (Å²) in [6, 6.07) is 7.46. The number of carbonyl (C=O) groups is 1. The number of nitrogens with two attached hydrogens (primary N) is 1. The van der Waals surface area contributed by atoms with Gasteiger partial charge in [-0.15, -0.1) is 0 Å². The van der Waals surface area contributed by atoms with E-state index in [2.05, 4.69) is 5.32 Å². The Hall–Kier alpha value is -2.63. The lowest BCUT2D eigenvalue weighted by Crippen LogP contribution is -2.16. The predicted molar refractivity (Wildman–Crippen MR) is 71.7 cm³/mol. The normalized spacial score (nSPS) is 10.2.